The summed E-state index contributed by atoms with van der Waals surface area (Å²) in [5.74, 6) is 1.35. The second kappa shape index (κ2) is 5.44. The molecule has 0 aromatic heterocycles. The standard InChI is InChI=1S/C18H16O3/c1-12-16-11-13(3-2-10-19)4-9-17(16)21-18(12)14-5-7-15(20)8-6-14/h2-12,18,20H,1H3/b3-2+/t12-,18-/m1/s1. The van der Waals surface area contributed by atoms with Crippen LogP contribution in [0, 0.1) is 0 Å². The van der Waals surface area contributed by atoms with Gasteiger partial charge in [-0.25, -0.2) is 0 Å². The van der Waals surface area contributed by atoms with Crippen LogP contribution < -0.4 is 4.74 Å². The molecule has 0 saturated carbocycles. The van der Waals surface area contributed by atoms with Crippen LogP contribution in [0.25, 0.3) is 6.08 Å². The molecule has 1 N–H and O–H groups in total. The minimum absolute atomic E-state index is 0.0501. The molecule has 1 aliphatic rings. The van der Waals surface area contributed by atoms with E-state index in [9.17, 15) is 9.90 Å². The summed E-state index contributed by atoms with van der Waals surface area (Å²) >= 11 is 0. The van der Waals surface area contributed by atoms with Crippen LogP contribution in [0.3, 0.4) is 0 Å². The number of phenolic OH excluding ortho intramolecular Hbond substituents is 1. The number of allylic oxidation sites excluding steroid dienone is 1. The van der Waals surface area contributed by atoms with Crippen molar-refractivity contribution in [3.8, 4) is 11.5 Å². The fraction of sp³-hybridized carbons (Fsp3) is 0.167. The maximum atomic E-state index is 10.4. The fourth-order valence-corrected chi connectivity index (χ4v) is 2.71. The molecule has 0 spiro atoms. The highest BCUT2D eigenvalue weighted by Gasteiger charge is 2.32. The summed E-state index contributed by atoms with van der Waals surface area (Å²) in [6.45, 7) is 2.12. The molecule has 2 aromatic rings. The van der Waals surface area contributed by atoms with Crippen molar-refractivity contribution >= 4 is 12.4 Å². The van der Waals surface area contributed by atoms with E-state index in [1.165, 1.54) is 6.08 Å². The number of hydrogen-bond acceptors (Lipinski definition) is 3. The van der Waals surface area contributed by atoms with E-state index in [2.05, 4.69) is 13.0 Å². The molecule has 0 amide bonds. The number of carbonyl (C=O) groups excluding carboxylic acids is 1. The van der Waals surface area contributed by atoms with Crippen molar-refractivity contribution in [1.29, 1.82) is 0 Å². The number of ether oxygens (including phenoxy) is 1. The molecule has 106 valence electrons. The smallest absolute Gasteiger partial charge is 0.142 e. The Labute approximate surface area is 123 Å². The van der Waals surface area contributed by atoms with Crippen LogP contribution in [-0.2, 0) is 4.79 Å². The zero-order valence-electron chi connectivity index (χ0n) is 11.7. The second-order valence-corrected chi connectivity index (χ2v) is 5.21. The van der Waals surface area contributed by atoms with Crippen molar-refractivity contribution in [2.45, 2.75) is 18.9 Å². The summed E-state index contributed by atoms with van der Waals surface area (Å²) in [6, 6.07) is 13.0. The molecule has 0 aliphatic carbocycles. The highest BCUT2D eigenvalue weighted by molar-refractivity contribution is 5.74. The van der Waals surface area contributed by atoms with Crippen LogP contribution in [0.5, 0.6) is 11.5 Å². The number of carbonyl (C=O) groups is 1. The molecule has 21 heavy (non-hydrogen) atoms. The van der Waals surface area contributed by atoms with Crippen LogP contribution in [0.2, 0.25) is 0 Å². The third kappa shape index (κ3) is 2.55. The summed E-state index contributed by atoms with van der Waals surface area (Å²) in [7, 11) is 0. The van der Waals surface area contributed by atoms with Gasteiger partial charge in [0, 0.05) is 11.5 Å². The van der Waals surface area contributed by atoms with E-state index in [-0.39, 0.29) is 17.8 Å². The van der Waals surface area contributed by atoms with E-state index in [1.54, 1.807) is 18.2 Å². The number of hydrogen-bond donors (Lipinski definition) is 1. The Bertz CT molecular complexity index is 686. The third-order valence-corrected chi connectivity index (χ3v) is 3.82. The summed E-state index contributed by atoms with van der Waals surface area (Å²) in [4.78, 5) is 10.4. The molecule has 0 fully saturated rings. The van der Waals surface area contributed by atoms with Crippen LogP contribution in [0.1, 0.15) is 35.6 Å². The first-order valence-corrected chi connectivity index (χ1v) is 6.90. The summed E-state index contributed by atoms with van der Waals surface area (Å²) in [5.41, 5.74) is 3.17. The Hall–Kier alpha value is -2.55. The van der Waals surface area contributed by atoms with Gasteiger partial charge in [-0.2, -0.15) is 0 Å². The van der Waals surface area contributed by atoms with Crippen molar-refractivity contribution in [3.05, 3.63) is 65.2 Å². The molecule has 1 aliphatic heterocycles. The van der Waals surface area contributed by atoms with Gasteiger partial charge in [0.05, 0.1) is 0 Å². The normalized spacial score (nSPS) is 20.2. The number of rotatable bonds is 3. The van der Waals surface area contributed by atoms with Gasteiger partial charge in [0.15, 0.2) is 0 Å². The van der Waals surface area contributed by atoms with Crippen molar-refractivity contribution < 1.29 is 14.6 Å². The maximum absolute atomic E-state index is 10.4. The van der Waals surface area contributed by atoms with Gasteiger partial charge in [0.2, 0.25) is 0 Å². The number of phenols is 1. The maximum Gasteiger partial charge on any atom is 0.142 e. The minimum atomic E-state index is -0.0501. The molecule has 1 heterocycles. The van der Waals surface area contributed by atoms with E-state index < -0.39 is 0 Å². The quantitative estimate of drug-likeness (QED) is 0.686. The van der Waals surface area contributed by atoms with Crippen LogP contribution in [0.15, 0.2) is 48.5 Å². The molecule has 3 rings (SSSR count). The molecule has 0 unspecified atom stereocenters. The summed E-state index contributed by atoms with van der Waals surface area (Å²) < 4.78 is 6.03. The third-order valence-electron chi connectivity index (χ3n) is 3.82. The highest BCUT2D eigenvalue weighted by atomic mass is 16.5. The zero-order chi connectivity index (χ0) is 14.8. The minimum Gasteiger partial charge on any atom is -0.508 e. The van der Waals surface area contributed by atoms with Crippen LogP contribution >= 0.6 is 0 Å². The van der Waals surface area contributed by atoms with Gasteiger partial charge >= 0.3 is 0 Å². The SMILES string of the molecule is C[C@@H]1c2cc(/C=C/C=O)ccc2O[C@H]1c1ccc(O)cc1. The summed E-state index contributed by atoms with van der Waals surface area (Å²) in [6.07, 6.45) is 3.99. The lowest BCUT2D eigenvalue weighted by Gasteiger charge is -2.15. The van der Waals surface area contributed by atoms with Crippen molar-refractivity contribution in [2.24, 2.45) is 0 Å². The number of benzene rings is 2. The lowest BCUT2D eigenvalue weighted by molar-refractivity contribution is -0.104. The molecule has 2 atom stereocenters. The van der Waals surface area contributed by atoms with E-state index in [0.717, 1.165) is 28.7 Å². The van der Waals surface area contributed by atoms with E-state index in [0.29, 0.717) is 0 Å². The van der Waals surface area contributed by atoms with E-state index in [4.69, 9.17) is 4.74 Å². The Morgan fingerprint density at radius 3 is 2.62 bits per heavy atom. The Morgan fingerprint density at radius 2 is 1.90 bits per heavy atom. The van der Waals surface area contributed by atoms with Gasteiger partial charge in [-0.3, -0.25) is 4.79 Å². The average molecular weight is 280 g/mol. The number of fused-ring (bicyclic) bond motifs is 1. The Kier molecular flexibility index (Phi) is 3.48. The summed E-state index contributed by atoms with van der Waals surface area (Å²) in [5, 5.41) is 9.38. The first kappa shape index (κ1) is 13.4. The van der Waals surface area contributed by atoms with Gasteiger partial charge in [0.1, 0.15) is 23.9 Å². The molecule has 0 bridgehead atoms. The van der Waals surface area contributed by atoms with Gasteiger partial charge in [-0.1, -0.05) is 31.2 Å². The van der Waals surface area contributed by atoms with Crippen LogP contribution in [0.4, 0.5) is 0 Å². The Morgan fingerprint density at radius 1 is 1.14 bits per heavy atom. The lowest BCUT2D eigenvalue weighted by atomic mass is 9.92. The fourth-order valence-electron chi connectivity index (χ4n) is 2.71. The lowest BCUT2D eigenvalue weighted by Crippen LogP contribution is -2.06. The predicted octanol–water partition coefficient (Wildman–Crippen LogP) is 3.84. The monoisotopic (exact) mass is 280 g/mol. The van der Waals surface area contributed by atoms with Crippen molar-refractivity contribution in [3.63, 3.8) is 0 Å². The van der Waals surface area contributed by atoms with Crippen molar-refractivity contribution in [1.82, 2.24) is 0 Å². The van der Waals surface area contributed by atoms with Crippen LogP contribution in [-0.4, -0.2) is 11.4 Å². The zero-order valence-corrected chi connectivity index (χ0v) is 11.7. The first-order chi connectivity index (χ1) is 10.2. The first-order valence-electron chi connectivity index (χ1n) is 6.90. The van der Waals surface area contributed by atoms with Gasteiger partial charge in [-0.05, 0) is 41.5 Å². The van der Waals surface area contributed by atoms with Crippen molar-refractivity contribution in [2.75, 3.05) is 0 Å². The van der Waals surface area contributed by atoms with E-state index >= 15 is 0 Å². The Balaban J connectivity index is 1.91. The molecule has 3 nitrogen and oxygen atoms in total. The molecule has 2 aromatic carbocycles. The highest BCUT2D eigenvalue weighted by Crippen LogP contribution is 2.46. The molecular formula is C18H16O3. The molecule has 0 radical (unpaired) electrons. The molecular weight excluding hydrogens is 264 g/mol. The number of aldehydes is 1. The van der Waals surface area contributed by atoms with E-state index in [1.807, 2.05) is 24.3 Å². The second-order valence-electron chi connectivity index (χ2n) is 5.21. The topological polar surface area (TPSA) is 46.5 Å². The average Bonchev–Trinajstić information content (AvgIpc) is 2.83. The molecule has 3 heteroatoms. The van der Waals surface area contributed by atoms with Gasteiger partial charge in [0.25, 0.3) is 0 Å². The molecule has 0 saturated heterocycles. The predicted molar refractivity (Wildman–Crippen MR) is 81.4 cm³/mol. The number of aromatic hydroxyl groups is 1. The van der Waals surface area contributed by atoms with Gasteiger partial charge < -0.3 is 9.84 Å². The largest absolute Gasteiger partial charge is 0.508 e. The van der Waals surface area contributed by atoms with Gasteiger partial charge in [-0.15, -0.1) is 0 Å².